The first kappa shape index (κ1) is 27.1. The van der Waals surface area contributed by atoms with Gasteiger partial charge >= 0.3 is 5.97 Å². The van der Waals surface area contributed by atoms with Crippen molar-refractivity contribution in [2.45, 2.75) is 61.9 Å². The zero-order valence-electron chi connectivity index (χ0n) is 22.3. The van der Waals surface area contributed by atoms with Crippen molar-refractivity contribution in [3.05, 3.63) is 75.7 Å². The van der Waals surface area contributed by atoms with Gasteiger partial charge in [0.15, 0.2) is 0 Å². The summed E-state index contributed by atoms with van der Waals surface area (Å²) in [5.41, 5.74) is 1.20. The highest BCUT2D eigenvalue weighted by atomic mass is 35.5. The fourth-order valence-corrected chi connectivity index (χ4v) is 8.13. The molecule has 2 saturated carbocycles. The molecular weight excluding hydrogens is 550 g/mol. The van der Waals surface area contributed by atoms with Gasteiger partial charge in [0.25, 0.3) is 5.56 Å². The molecule has 1 atom stereocenters. The summed E-state index contributed by atoms with van der Waals surface area (Å²) in [5, 5.41) is 10.0. The summed E-state index contributed by atoms with van der Waals surface area (Å²) in [6.07, 6.45) is 8.49. The molecule has 2 heterocycles. The van der Waals surface area contributed by atoms with Gasteiger partial charge in [-0.3, -0.25) is 4.79 Å². The van der Waals surface area contributed by atoms with Crippen LogP contribution < -0.4 is 10.5 Å². The second kappa shape index (κ2) is 10.4. The number of fused-ring (bicyclic) bond motifs is 1. The number of carboxylic acid groups (broad SMARTS) is 1. The van der Waals surface area contributed by atoms with Gasteiger partial charge in [0, 0.05) is 48.7 Å². The first-order valence-electron chi connectivity index (χ1n) is 13.8. The molecule has 0 saturated heterocycles. The lowest BCUT2D eigenvalue weighted by atomic mass is 9.83. The Kier molecular flexibility index (Phi) is 7.01. The summed E-state index contributed by atoms with van der Waals surface area (Å²) >= 11 is 6.87. The zero-order valence-corrected chi connectivity index (χ0v) is 23.9. The molecule has 40 heavy (non-hydrogen) atoms. The Morgan fingerprint density at radius 2 is 1.70 bits per heavy atom. The van der Waals surface area contributed by atoms with Crippen molar-refractivity contribution < 1.29 is 18.3 Å². The minimum atomic E-state index is -3.94. The number of likely N-dealkylation sites (N-methyl/N-ethyl adjacent to an activating group) is 1. The van der Waals surface area contributed by atoms with Gasteiger partial charge in [-0.05, 0) is 61.9 Å². The molecule has 8 nitrogen and oxygen atoms in total. The van der Waals surface area contributed by atoms with Gasteiger partial charge in [-0.1, -0.05) is 49.1 Å². The number of hydrogen-bond acceptors (Lipinski definition) is 5. The Bertz CT molecular complexity index is 1630. The van der Waals surface area contributed by atoms with E-state index in [9.17, 15) is 23.1 Å². The van der Waals surface area contributed by atoms with Crippen LogP contribution in [0.25, 0.3) is 11.1 Å². The molecule has 0 unspecified atom stereocenters. The van der Waals surface area contributed by atoms with Gasteiger partial charge in [-0.15, -0.1) is 0 Å². The number of carbonyl (C=O) groups is 1. The zero-order chi connectivity index (χ0) is 28.2. The summed E-state index contributed by atoms with van der Waals surface area (Å²) in [6, 6.07) is 13.9. The Morgan fingerprint density at radius 1 is 1.00 bits per heavy atom. The van der Waals surface area contributed by atoms with Gasteiger partial charge in [-0.25, -0.2) is 13.2 Å². The van der Waals surface area contributed by atoms with Gasteiger partial charge in [0.2, 0.25) is 10.0 Å². The van der Waals surface area contributed by atoms with E-state index < -0.39 is 21.6 Å². The monoisotopic (exact) mass is 581 g/mol. The molecule has 1 N–H and O–H groups in total. The molecule has 0 bridgehead atoms. The van der Waals surface area contributed by atoms with E-state index in [-0.39, 0.29) is 33.5 Å². The molecule has 10 heteroatoms. The van der Waals surface area contributed by atoms with Gasteiger partial charge in [0.05, 0.1) is 10.7 Å². The minimum absolute atomic E-state index is 0.0650. The Morgan fingerprint density at radius 3 is 2.35 bits per heavy atom. The number of aromatic nitrogens is 1. The Labute approximate surface area is 238 Å². The third kappa shape index (κ3) is 4.74. The highest BCUT2D eigenvalue weighted by Crippen LogP contribution is 2.45. The van der Waals surface area contributed by atoms with Crippen LogP contribution in [0.3, 0.4) is 0 Å². The predicted octanol–water partition coefficient (Wildman–Crippen LogP) is 5.92. The number of anilines is 2. The number of aromatic carboxylic acids is 1. The molecule has 2 fully saturated rings. The highest BCUT2D eigenvalue weighted by Gasteiger charge is 2.41. The molecule has 1 aliphatic heterocycles. The second-order valence-corrected chi connectivity index (χ2v) is 13.5. The van der Waals surface area contributed by atoms with Crippen LogP contribution in [0.1, 0.15) is 61.3 Å². The summed E-state index contributed by atoms with van der Waals surface area (Å²) < 4.78 is 31.5. The number of nitrogens with zero attached hydrogens (tertiary/aromatic N) is 3. The number of para-hydroxylation sites is 1. The number of hydrogen-bond donors (Lipinski definition) is 1. The van der Waals surface area contributed by atoms with E-state index in [4.69, 9.17) is 11.6 Å². The van der Waals surface area contributed by atoms with Crippen molar-refractivity contribution in [1.29, 1.82) is 0 Å². The van der Waals surface area contributed by atoms with Gasteiger partial charge in [0.1, 0.15) is 10.5 Å². The number of halogens is 1. The van der Waals surface area contributed by atoms with E-state index in [0.29, 0.717) is 23.4 Å². The lowest BCUT2D eigenvalue weighted by molar-refractivity contribution is 0.0694. The molecule has 3 aliphatic rings. The van der Waals surface area contributed by atoms with Crippen molar-refractivity contribution in [3.63, 3.8) is 0 Å². The fourth-order valence-electron chi connectivity index (χ4n) is 6.26. The molecule has 3 aromatic rings. The molecule has 0 spiro atoms. The van der Waals surface area contributed by atoms with Crippen molar-refractivity contribution in [2.24, 2.45) is 5.92 Å². The molecule has 2 aliphatic carbocycles. The van der Waals surface area contributed by atoms with Crippen LogP contribution in [0.15, 0.2) is 64.4 Å². The minimum Gasteiger partial charge on any atom is -0.477 e. The number of rotatable bonds is 5. The summed E-state index contributed by atoms with van der Waals surface area (Å²) in [5.74, 6) is -1.09. The first-order chi connectivity index (χ1) is 19.2. The topological polar surface area (TPSA) is 99.9 Å². The number of carboxylic acids is 1. The molecule has 1 aromatic heterocycles. The van der Waals surface area contributed by atoms with Crippen LogP contribution in [0.5, 0.6) is 0 Å². The van der Waals surface area contributed by atoms with E-state index in [1.165, 1.54) is 21.4 Å². The highest BCUT2D eigenvalue weighted by molar-refractivity contribution is 7.89. The number of pyridine rings is 1. The fraction of sp³-hybridized carbons (Fsp3) is 0.400. The van der Waals surface area contributed by atoms with Crippen molar-refractivity contribution in [3.8, 4) is 11.1 Å². The molecule has 0 amide bonds. The standard InChI is InChI=1S/C30H32ClN3O5S/c1-32-27(19-8-4-2-5-9-19)18-33(21-10-6-3-7-11-21)26-16-25(31)23(15-28(26)40(32,38)39)20-14-24(30(36)37)29(35)34(17-20)22-12-13-22/h3,6-7,10-11,14-17,19,22,27H,2,4-5,8-9,12-13,18H2,1H3,(H,36,37)/t27-/m0/s1. The summed E-state index contributed by atoms with van der Waals surface area (Å²) in [7, 11) is -2.28. The maximum Gasteiger partial charge on any atom is 0.341 e. The van der Waals surface area contributed by atoms with E-state index in [2.05, 4.69) is 0 Å². The summed E-state index contributed by atoms with van der Waals surface area (Å²) in [4.78, 5) is 26.9. The lowest BCUT2D eigenvalue weighted by Crippen LogP contribution is -2.46. The largest absolute Gasteiger partial charge is 0.477 e. The molecule has 2 aromatic carbocycles. The third-order valence-corrected chi connectivity index (χ3v) is 10.8. The Hall–Kier alpha value is -3.14. The second-order valence-electron chi connectivity index (χ2n) is 11.1. The average Bonchev–Trinajstić information content (AvgIpc) is 3.80. The predicted molar refractivity (Wildman–Crippen MR) is 155 cm³/mol. The van der Waals surface area contributed by atoms with Gasteiger partial charge < -0.3 is 14.6 Å². The average molecular weight is 582 g/mol. The van der Waals surface area contributed by atoms with Crippen LogP contribution in [0, 0.1) is 5.92 Å². The smallest absolute Gasteiger partial charge is 0.341 e. The van der Waals surface area contributed by atoms with Crippen LogP contribution in [-0.2, 0) is 10.0 Å². The first-order valence-corrected chi connectivity index (χ1v) is 15.6. The molecule has 210 valence electrons. The normalized spacial score (nSPS) is 21.6. The van der Waals surface area contributed by atoms with Crippen molar-refractivity contribution in [2.75, 3.05) is 18.5 Å². The lowest BCUT2D eigenvalue weighted by Gasteiger charge is -2.36. The van der Waals surface area contributed by atoms with E-state index in [1.54, 1.807) is 25.4 Å². The quantitative estimate of drug-likeness (QED) is 0.401. The van der Waals surface area contributed by atoms with Crippen LogP contribution in [-0.4, -0.2) is 48.0 Å². The molecule has 0 radical (unpaired) electrons. The SMILES string of the molecule is CN1[C@H](C2CCCCC2)CN(c2ccccc2)c2cc(Cl)c(-c3cc(C(=O)O)c(=O)n(C4CC4)c3)cc2S1(=O)=O. The van der Waals surface area contributed by atoms with E-state index in [0.717, 1.165) is 44.2 Å². The van der Waals surface area contributed by atoms with Crippen molar-refractivity contribution >= 4 is 39.0 Å². The van der Waals surface area contributed by atoms with Gasteiger partial charge in [-0.2, -0.15) is 4.31 Å². The van der Waals surface area contributed by atoms with Crippen LogP contribution in [0.4, 0.5) is 11.4 Å². The maximum atomic E-state index is 14.3. The Balaban J connectivity index is 1.55. The molecule has 6 rings (SSSR count). The van der Waals surface area contributed by atoms with Crippen molar-refractivity contribution in [1.82, 2.24) is 8.87 Å². The maximum absolute atomic E-state index is 14.3. The molecular formula is C30H32ClN3O5S. The summed E-state index contributed by atoms with van der Waals surface area (Å²) in [6.45, 7) is 0.489. The number of benzene rings is 2. The van der Waals surface area contributed by atoms with Crippen LogP contribution in [0.2, 0.25) is 5.02 Å². The van der Waals surface area contributed by atoms with Crippen LogP contribution >= 0.6 is 11.6 Å². The van der Waals surface area contributed by atoms with E-state index >= 15 is 0 Å². The number of sulfonamides is 1. The third-order valence-electron chi connectivity index (χ3n) is 8.62. The van der Waals surface area contributed by atoms with E-state index in [1.807, 2.05) is 35.2 Å².